The van der Waals surface area contributed by atoms with Crippen LogP contribution in [0.3, 0.4) is 0 Å². The number of benzene rings is 1. The average Bonchev–Trinajstić information content (AvgIpc) is 3.08. The van der Waals surface area contributed by atoms with Crippen molar-refractivity contribution in [3.63, 3.8) is 0 Å². The number of nitrogens with zero attached hydrogens (tertiary/aromatic N) is 2. The number of non-ortho nitro benzene ring substituents is 1. The molecule has 4 N–H and O–H groups in total. The molecule has 1 aromatic carbocycles. The van der Waals surface area contributed by atoms with Gasteiger partial charge >= 0.3 is 0 Å². The van der Waals surface area contributed by atoms with Crippen LogP contribution in [0.1, 0.15) is 17.9 Å². The van der Waals surface area contributed by atoms with Crippen LogP contribution in [-0.4, -0.2) is 16.8 Å². The minimum atomic E-state index is -0.460. The van der Waals surface area contributed by atoms with Crippen molar-refractivity contribution < 1.29 is 9.72 Å². The highest BCUT2D eigenvalue weighted by Gasteiger charge is 2.44. The van der Waals surface area contributed by atoms with Crippen LogP contribution in [0.25, 0.3) is 0 Å². The van der Waals surface area contributed by atoms with E-state index in [1.807, 2.05) is 0 Å². The van der Waals surface area contributed by atoms with E-state index in [0.29, 0.717) is 6.42 Å². The summed E-state index contributed by atoms with van der Waals surface area (Å²) in [6, 6.07) is 6.17. The lowest BCUT2D eigenvalue weighted by atomic mass is 10.1. The Balaban J connectivity index is 2.05. The molecule has 1 saturated carbocycles. The second-order valence-electron chi connectivity index (χ2n) is 4.17. The Kier molecular flexibility index (Phi) is 2.97. The molecule has 0 unspecified atom stereocenters. The Morgan fingerprint density at radius 2 is 1.94 bits per heavy atom. The number of aliphatic imine (C=N–C) groups is 1. The van der Waals surface area contributed by atoms with Gasteiger partial charge in [-0.2, -0.15) is 4.99 Å². The molecule has 7 nitrogen and oxygen atoms in total. The van der Waals surface area contributed by atoms with E-state index < -0.39 is 4.92 Å². The first kappa shape index (κ1) is 12.0. The van der Waals surface area contributed by atoms with E-state index in [1.54, 1.807) is 12.1 Å². The smallest absolute Gasteiger partial charge is 0.269 e. The molecule has 0 aromatic heterocycles. The molecule has 0 spiro atoms. The summed E-state index contributed by atoms with van der Waals surface area (Å²) >= 11 is 0. The molecule has 2 rings (SSSR count). The van der Waals surface area contributed by atoms with Gasteiger partial charge in [-0.1, -0.05) is 12.1 Å². The van der Waals surface area contributed by atoms with Crippen LogP contribution in [0.4, 0.5) is 5.69 Å². The zero-order chi connectivity index (χ0) is 13.3. The Bertz CT molecular complexity index is 520. The van der Waals surface area contributed by atoms with Gasteiger partial charge in [0.1, 0.15) is 0 Å². The molecule has 1 fully saturated rings. The van der Waals surface area contributed by atoms with Gasteiger partial charge in [0.15, 0.2) is 5.96 Å². The van der Waals surface area contributed by atoms with Crippen molar-refractivity contribution in [2.45, 2.75) is 12.3 Å². The fourth-order valence-corrected chi connectivity index (χ4v) is 1.89. The number of guanidine groups is 1. The zero-order valence-corrected chi connectivity index (χ0v) is 9.45. The maximum absolute atomic E-state index is 11.5. The Hall–Kier alpha value is -2.44. The maximum atomic E-state index is 11.5. The van der Waals surface area contributed by atoms with E-state index in [2.05, 4.69) is 4.99 Å². The lowest BCUT2D eigenvalue weighted by Gasteiger charge is -1.98. The molecule has 0 radical (unpaired) electrons. The summed E-state index contributed by atoms with van der Waals surface area (Å²) in [5.41, 5.74) is 11.2. The molecule has 1 amide bonds. The van der Waals surface area contributed by atoms with Gasteiger partial charge in [0.2, 0.25) is 0 Å². The third-order valence-electron chi connectivity index (χ3n) is 2.88. The van der Waals surface area contributed by atoms with Crippen molar-refractivity contribution in [2.24, 2.45) is 22.4 Å². The van der Waals surface area contributed by atoms with Gasteiger partial charge in [-0.05, 0) is 17.9 Å². The minimum absolute atomic E-state index is 0.0338. The number of hydrogen-bond acceptors (Lipinski definition) is 3. The summed E-state index contributed by atoms with van der Waals surface area (Å²) in [6.07, 6.45) is 0.674. The van der Waals surface area contributed by atoms with Crippen LogP contribution in [0, 0.1) is 16.0 Å². The fourth-order valence-electron chi connectivity index (χ4n) is 1.89. The number of carbonyl (C=O) groups excluding carboxylic acids is 1. The predicted octanol–water partition coefficient (Wildman–Crippen LogP) is 0.498. The number of nitrogens with two attached hydrogens (primary N) is 2. The minimum Gasteiger partial charge on any atom is -0.370 e. The second kappa shape index (κ2) is 4.44. The molecule has 1 aromatic rings. The van der Waals surface area contributed by atoms with Gasteiger partial charge in [-0.3, -0.25) is 14.9 Å². The topological polar surface area (TPSA) is 125 Å². The van der Waals surface area contributed by atoms with Gasteiger partial charge in [-0.15, -0.1) is 0 Å². The molecular weight excluding hydrogens is 236 g/mol. The van der Waals surface area contributed by atoms with Crippen LogP contribution in [-0.2, 0) is 4.79 Å². The summed E-state index contributed by atoms with van der Waals surface area (Å²) in [7, 11) is 0. The van der Waals surface area contributed by atoms with E-state index in [-0.39, 0.29) is 29.4 Å². The number of hydrogen-bond donors (Lipinski definition) is 2. The summed E-state index contributed by atoms with van der Waals surface area (Å²) in [4.78, 5) is 25.0. The quantitative estimate of drug-likeness (QED) is 0.348. The lowest BCUT2D eigenvalue weighted by Crippen LogP contribution is -2.24. The lowest BCUT2D eigenvalue weighted by molar-refractivity contribution is -0.384. The molecule has 0 saturated heterocycles. The molecule has 1 aliphatic carbocycles. The first-order chi connectivity index (χ1) is 8.49. The SMILES string of the molecule is NC(N)=NC(=O)[C@H]1C[C@@H]1c1ccc([N+](=O)[O-])cc1. The van der Waals surface area contributed by atoms with Gasteiger partial charge in [0.05, 0.1) is 4.92 Å². The Morgan fingerprint density at radius 1 is 1.33 bits per heavy atom. The standard InChI is InChI=1S/C11H12N4O3/c12-11(13)14-10(16)9-5-8(9)6-1-3-7(4-2-6)15(17)18/h1-4,8-9H,5H2,(H4,12,13,14,16)/t8-,9+/m1/s1. The zero-order valence-electron chi connectivity index (χ0n) is 9.45. The highest BCUT2D eigenvalue weighted by Crippen LogP contribution is 2.48. The van der Waals surface area contributed by atoms with Crippen molar-refractivity contribution in [1.82, 2.24) is 0 Å². The Morgan fingerprint density at radius 3 is 2.44 bits per heavy atom. The van der Waals surface area contributed by atoms with Crippen molar-refractivity contribution in [2.75, 3.05) is 0 Å². The van der Waals surface area contributed by atoms with Gasteiger partial charge in [0.25, 0.3) is 11.6 Å². The fraction of sp³-hybridized carbons (Fsp3) is 0.273. The largest absolute Gasteiger partial charge is 0.370 e. The Labute approximate surface area is 103 Å². The summed E-state index contributed by atoms with van der Waals surface area (Å²) < 4.78 is 0. The van der Waals surface area contributed by atoms with Crippen molar-refractivity contribution in [3.8, 4) is 0 Å². The van der Waals surface area contributed by atoms with Crippen molar-refractivity contribution >= 4 is 17.6 Å². The first-order valence-electron chi connectivity index (χ1n) is 5.37. The second-order valence-corrected chi connectivity index (χ2v) is 4.17. The molecule has 18 heavy (non-hydrogen) atoms. The van der Waals surface area contributed by atoms with Gasteiger partial charge in [0, 0.05) is 18.1 Å². The predicted molar refractivity (Wildman–Crippen MR) is 64.8 cm³/mol. The van der Waals surface area contributed by atoms with E-state index >= 15 is 0 Å². The summed E-state index contributed by atoms with van der Waals surface area (Å²) in [5, 5.41) is 10.5. The highest BCUT2D eigenvalue weighted by atomic mass is 16.6. The van der Waals surface area contributed by atoms with Crippen LogP contribution < -0.4 is 11.5 Å². The number of nitro benzene ring substituents is 1. The van der Waals surface area contributed by atoms with E-state index in [9.17, 15) is 14.9 Å². The first-order valence-corrected chi connectivity index (χ1v) is 5.37. The molecular formula is C11H12N4O3. The maximum Gasteiger partial charge on any atom is 0.269 e. The van der Waals surface area contributed by atoms with E-state index in [4.69, 9.17) is 11.5 Å². The van der Waals surface area contributed by atoms with Gasteiger partial charge in [-0.25, -0.2) is 0 Å². The molecule has 2 atom stereocenters. The summed E-state index contributed by atoms with van der Waals surface area (Å²) in [6.45, 7) is 0. The third-order valence-corrected chi connectivity index (χ3v) is 2.88. The number of amides is 1. The van der Waals surface area contributed by atoms with Crippen molar-refractivity contribution in [3.05, 3.63) is 39.9 Å². The van der Waals surface area contributed by atoms with Crippen LogP contribution in [0.5, 0.6) is 0 Å². The number of carbonyl (C=O) groups is 1. The summed E-state index contributed by atoms with van der Waals surface area (Å²) in [5.74, 6) is -0.734. The molecule has 0 bridgehead atoms. The van der Waals surface area contributed by atoms with Gasteiger partial charge < -0.3 is 11.5 Å². The van der Waals surface area contributed by atoms with Crippen molar-refractivity contribution in [1.29, 1.82) is 0 Å². The molecule has 94 valence electrons. The third kappa shape index (κ3) is 2.45. The molecule has 1 aliphatic rings. The van der Waals surface area contributed by atoms with E-state index in [0.717, 1.165) is 5.56 Å². The molecule has 0 aliphatic heterocycles. The highest BCUT2D eigenvalue weighted by molar-refractivity contribution is 5.94. The monoisotopic (exact) mass is 248 g/mol. The normalized spacial score (nSPS) is 21.1. The molecule has 7 heteroatoms. The van der Waals surface area contributed by atoms with E-state index in [1.165, 1.54) is 12.1 Å². The molecule has 0 heterocycles. The number of nitro groups is 1. The van der Waals surface area contributed by atoms with Crippen LogP contribution in [0.15, 0.2) is 29.3 Å². The van der Waals surface area contributed by atoms with Crippen LogP contribution in [0.2, 0.25) is 0 Å². The number of rotatable bonds is 3. The van der Waals surface area contributed by atoms with Crippen LogP contribution >= 0.6 is 0 Å². The average molecular weight is 248 g/mol.